The topological polar surface area (TPSA) is 88.1 Å². The second kappa shape index (κ2) is 5.85. The molecule has 0 aromatic carbocycles. The van der Waals surface area contributed by atoms with Gasteiger partial charge >= 0.3 is 19.5 Å². The average molecular weight is 240 g/mol. The number of esters is 2. The van der Waals surface area contributed by atoms with Gasteiger partial charge in [-0.2, -0.15) is 0 Å². The molecule has 0 spiro atoms. The van der Waals surface area contributed by atoms with E-state index in [0.29, 0.717) is 0 Å². The third-order valence-electron chi connectivity index (χ3n) is 1.46. The number of carbonyl (C=O) groups is 2. The summed E-state index contributed by atoms with van der Waals surface area (Å²) < 4.78 is 29.1. The molecule has 0 aromatic heterocycles. The zero-order valence-corrected chi connectivity index (χ0v) is 9.78. The van der Waals surface area contributed by atoms with Gasteiger partial charge in [0.1, 0.15) is 0 Å². The largest absolute Gasteiger partial charge is 0.467 e. The normalized spacial score (nSPS) is 14.5. The Hall–Kier alpha value is -0.910. The van der Waals surface area contributed by atoms with E-state index >= 15 is 0 Å². The highest BCUT2D eigenvalue weighted by Gasteiger charge is 2.35. The van der Waals surface area contributed by atoms with E-state index in [1.54, 1.807) is 0 Å². The van der Waals surface area contributed by atoms with Gasteiger partial charge in [0, 0.05) is 13.8 Å². The second-order valence-electron chi connectivity index (χ2n) is 2.49. The van der Waals surface area contributed by atoms with Gasteiger partial charge in [-0.15, -0.1) is 0 Å². The predicted octanol–water partition coefficient (Wildman–Crippen LogP) is 0.187. The quantitative estimate of drug-likeness (QED) is 0.385. The summed E-state index contributed by atoms with van der Waals surface area (Å²) in [6.07, 6.45) is -1.70. The molecule has 1 unspecified atom stereocenters. The molecule has 0 aliphatic carbocycles. The first kappa shape index (κ1) is 14.1. The van der Waals surface area contributed by atoms with Crippen molar-refractivity contribution in [1.29, 1.82) is 0 Å². The van der Waals surface area contributed by atoms with E-state index in [2.05, 4.69) is 18.5 Å². The molecule has 7 nitrogen and oxygen atoms in total. The highest BCUT2D eigenvalue weighted by molar-refractivity contribution is 7.53. The maximum Gasteiger partial charge on any atom is 0.347 e. The summed E-state index contributed by atoms with van der Waals surface area (Å²) >= 11 is 0. The summed E-state index contributed by atoms with van der Waals surface area (Å²) in [5, 5.41) is 0. The van der Waals surface area contributed by atoms with Crippen LogP contribution in [0.5, 0.6) is 0 Å². The minimum Gasteiger partial charge on any atom is -0.467 e. The molecule has 1 atom stereocenters. The van der Waals surface area contributed by atoms with Crippen LogP contribution < -0.4 is 0 Å². The molecule has 8 heteroatoms. The fraction of sp³-hybridized carbons (Fsp3) is 0.714. The smallest absolute Gasteiger partial charge is 0.347 e. The molecule has 0 fully saturated rings. The maximum absolute atomic E-state index is 11.4. The Morgan fingerprint density at radius 1 is 1.07 bits per heavy atom. The zero-order chi connectivity index (χ0) is 12.1. The van der Waals surface area contributed by atoms with E-state index in [4.69, 9.17) is 0 Å². The number of ether oxygens (including phenoxy) is 2. The fourth-order valence-corrected chi connectivity index (χ4v) is 1.27. The minimum absolute atomic E-state index is 0.999. The van der Waals surface area contributed by atoms with E-state index in [1.807, 2.05) is 0 Å². The van der Waals surface area contributed by atoms with Crippen LogP contribution in [0, 0.1) is 0 Å². The van der Waals surface area contributed by atoms with E-state index in [9.17, 15) is 14.2 Å². The van der Waals surface area contributed by atoms with Crippen molar-refractivity contribution < 1.29 is 32.7 Å². The Morgan fingerprint density at radius 2 is 1.47 bits per heavy atom. The van der Waals surface area contributed by atoms with Gasteiger partial charge in [0.25, 0.3) is 6.10 Å². The van der Waals surface area contributed by atoms with Crippen molar-refractivity contribution in [2.24, 2.45) is 0 Å². The summed E-state index contributed by atoms with van der Waals surface area (Å²) in [6, 6.07) is 0. The van der Waals surface area contributed by atoms with Gasteiger partial charge in [0.05, 0.1) is 14.2 Å². The Bertz CT molecular complexity index is 271. The number of methoxy groups -OCH3 is 2. The van der Waals surface area contributed by atoms with Gasteiger partial charge in [0.2, 0.25) is 0 Å². The van der Waals surface area contributed by atoms with E-state index < -0.39 is 25.6 Å². The molecule has 0 bridgehead atoms. The van der Waals surface area contributed by atoms with Crippen molar-refractivity contribution in [2.75, 3.05) is 28.0 Å². The lowest BCUT2D eigenvalue weighted by atomic mass is 10.4. The van der Waals surface area contributed by atoms with Gasteiger partial charge in [-0.3, -0.25) is 9.09 Å². The van der Waals surface area contributed by atoms with Crippen molar-refractivity contribution in [3.63, 3.8) is 0 Å². The molecule has 0 N–H and O–H groups in total. The average Bonchev–Trinajstić information content (AvgIpc) is 2.23. The van der Waals surface area contributed by atoms with Crippen LogP contribution in [0.4, 0.5) is 0 Å². The first-order valence-corrected chi connectivity index (χ1v) is 5.84. The zero-order valence-electron chi connectivity index (χ0n) is 8.88. The lowest BCUT2D eigenvalue weighted by Crippen LogP contribution is -2.34. The molecule has 0 rings (SSSR count). The minimum atomic E-state index is -3.47. The van der Waals surface area contributed by atoms with Crippen molar-refractivity contribution in [3.8, 4) is 0 Å². The molecule has 0 heterocycles. The van der Waals surface area contributed by atoms with Crippen molar-refractivity contribution >= 4 is 19.5 Å². The van der Waals surface area contributed by atoms with Crippen LogP contribution in [0.1, 0.15) is 0 Å². The molecule has 0 amide bonds. The van der Waals surface area contributed by atoms with Gasteiger partial charge in [-0.1, -0.05) is 0 Å². The Labute approximate surface area is 87.2 Å². The predicted molar refractivity (Wildman–Crippen MR) is 49.4 cm³/mol. The first-order chi connectivity index (χ1) is 6.87. The van der Waals surface area contributed by atoms with Crippen LogP contribution in [-0.4, -0.2) is 46.0 Å². The second-order valence-corrected chi connectivity index (χ2v) is 4.60. The third kappa shape index (κ3) is 4.42. The Balaban J connectivity index is 4.74. The highest BCUT2D eigenvalue weighted by atomic mass is 31.2. The number of hydrogen-bond donors (Lipinski definition) is 0. The van der Waals surface area contributed by atoms with Crippen molar-refractivity contribution in [3.05, 3.63) is 0 Å². The van der Waals surface area contributed by atoms with Gasteiger partial charge in [0.15, 0.2) is 0 Å². The van der Waals surface area contributed by atoms with E-state index in [-0.39, 0.29) is 0 Å². The lowest BCUT2D eigenvalue weighted by Gasteiger charge is -2.17. The molecular formula is C7H13O7P. The molecule has 0 aromatic rings. The van der Waals surface area contributed by atoms with Crippen LogP contribution >= 0.6 is 7.60 Å². The van der Waals surface area contributed by atoms with E-state index in [0.717, 1.165) is 28.0 Å². The van der Waals surface area contributed by atoms with Crippen LogP contribution in [0.25, 0.3) is 0 Å². The van der Waals surface area contributed by atoms with Crippen LogP contribution in [0.15, 0.2) is 0 Å². The molecular weight excluding hydrogens is 227 g/mol. The summed E-state index contributed by atoms with van der Waals surface area (Å²) in [4.78, 5) is 22.2. The van der Waals surface area contributed by atoms with Crippen molar-refractivity contribution in [2.45, 2.75) is 6.10 Å². The van der Waals surface area contributed by atoms with Gasteiger partial charge < -0.3 is 14.0 Å². The molecule has 0 aliphatic heterocycles. The Morgan fingerprint density at radius 3 is 1.73 bits per heavy atom. The summed E-state index contributed by atoms with van der Waals surface area (Å²) in [5.74, 6) is -2.00. The van der Waals surface area contributed by atoms with E-state index in [1.165, 1.54) is 0 Å². The van der Waals surface area contributed by atoms with Crippen LogP contribution in [0.2, 0.25) is 0 Å². The fourth-order valence-electron chi connectivity index (χ4n) is 0.631. The molecule has 15 heavy (non-hydrogen) atoms. The highest BCUT2D eigenvalue weighted by Crippen LogP contribution is 2.44. The SMILES string of the molecule is COC(=O)C(OP(C)(=O)OC)C(=O)OC. The lowest BCUT2D eigenvalue weighted by molar-refractivity contribution is -0.163. The summed E-state index contributed by atoms with van der Waals surface area (Å²) in [5.41, 5.74) is 0. The summed E-state index contributed by atoms with van der Waals surface area (Å²) in [6.45, 7) is 1.12. The monoisotopic (exact) mass is 240 g/mol. The number of carbonyl (C=O) groups excluding carboxylic acids is 2. The summed E-state index contributed by atoms with van der Waals surface area (Å²) in [7, 11) is -0.205. The Kier molecular flexibility index (Phi) is 5.49. The number of rotatable bonds is 5. The molecule has 0 saturated heterocycles. The maximum atomic E-state index is 11.4. The third-order valence-corrected chi connectivity index (χ3v) is 2.72. The van der Waals surface area contributed by atoms with Crippen LogP contribution in [-0.2, 0) is 32.7 Å². The number of hydrogen-bond acceptors (Lipinski definition) is 7. The molecule has 0 saturated carbocycles. The molecule has 0 aliphatic rings. The van der Waals surface area contributed by atoms with Gasteiger partial charge in [-0.25, -0.2) is 9.59 Å². The molecule has 88 valence electrons. The van der Waals surface area contributed by atoms with Crippen molar-refractivity contribution in [1.82, 2.24) is 0 Å². The van der Waals surface area contributed by atoms with Crippen LogP contribution in [0.3, 0.4) is 0 Å². The van der Waals surface area contributed by atoms with Gasteiger partial charge in [-0.05, 0) is 0 Å². The first-order valence-electron chi connectivity index (χ1n) is 3.85. The standard InChI is InChI=1S/C7H13O7P/c1-11-6(8)5(7(9)12-2)14-15(4,10)13-3/h5H,1-4H3. The molecule has 0 radical (unpaired) electrons.